The van der Waals surface area contributed by atoms with Gasteiger partial charge in [-0.3, -0.25) is 4.98 Å². The average Bonchev–Trinajstić information content (AvgIpc) is 3.16. The van der Waals surface area contributed by atoms with Gasteiger partial charge in [0.1, 0.15) is 0 Å². The Balaban J connectivity index is 1.85. The van der Waals surface area contributed by atoms with E-state index in [9.17, 15) is 0 Å². The Hall–Kier alpha value is -1.09. The second kappa shape index (κ2) is 4.54. The number of aromatic nitrogens is 1. The van der Waals surface area contributed by atoms with Crippen molar-refractivity contribution in [2.45, 2.75) is 38.6 Å². The third kappa shape index (κ3) is 2.24. The van der Waals surface area contributed by atoms with E-state index in [4.69, 9.17) is 0 Å². The first-order chi connectivity index (χ1) is 8.69. The van der Waals surface area contributed by atoms with Crippen LogP contribution in [0, 0.1) is 12.8 Å². The third-order valence-electron chi connectivity index (χ3n) is 4.45. The number of nitrogens with zero attached hydrogens (tertiary/aromatic N) is 2. The van der Waals surface area contributed by atoms with E-state index in [-0.39, 0.29) is 0 Å². The number of hydrogen-bond donors (Lipinski definition) is 1. The summed E-state index contributed by atoms with van der Waals surface area (Å²) in [6.45, 7) is 7.91. The predicted octanol–water partition coefficient (Wildman–Crippen LogP) is 2.36. The fourth-order valence-electron chi connectivity index (χ4n) is 3.18. The van der Waals surface area contributed by atoms with Gasteiger partial charge in [-0.25, -0.2) is 0 Å². The second-order valence-electron chi connectivity index (χ2n) is 6.00. The maximum absolute atomic E-state index is 4.43. The number of rotatable bonds is 2. The van der Waals surface area contributed by atoms with Gasteiger partial charge in [-0.2, -0.15) is 0 Å². The predicted molar refractivity (Wildman–Crippen MR) is 74.9 cm³/mol. The average molecular weight is 245 g/mol. The Kier molecular flexibility index (Phi) is 3.02. The van der Waals surface area contributed by atoms with Gasteiger partial charge in [0.05, 0.1) is 11.4 Å². The van der Waals surface area contributed by atoms with Gasteiger partial charge < -0.3 is 10.2 Å². The van der Waals surface area contributed by atoms with Crippen molar-refractivity contribution >= 4 is 5.69 Å². The fraction of sp³-hybridized carbons (Fsp3) is 0.667. The molecule has 1 aliphatic heterocycles. The van der Waals surface area contributed by atoms with E-state index >= 15 is 0 Å². The normalized spacial score (nSPS) is 29.1. The molecule has 0 bridgehead atoms. The molecule has 0 radical (unpaired) electrons. The Morgan fingerprint density at radius 3 is 3.00 bits per heavy atom. The van der Waals surface area contributed by atoms with E-state index in [2.05, 4.69) is 41.2 Å². The van der Waals surface area contributed by atoms with Crippen molar-refractivity contribution in [2.75, 3.05) is 24.5 Å². The number of pyridine rings is 1. The molecule has 1 saturated heterocycles. The SMILES string of the molecule is Cc1ncccc1N1CCCNC(C)(C2CC2)C1. The van der Waals surface area contributed by atoms with Gasteiger partial charge in [-0.05, 0) is 57.7 Å². The highest BCUT2D eigenvalue weighted by atomic mass is 15.2. The summed E-state index contributed by atoms with van der Waals surface area (Å²) < 4.78 is 0. The molecule has 3 heteroatoms. The van der Waals surface area contributed by atoms with Gasteiger partial charge in [0.15, 0.2) is 0 Å². The van der Waals surface area contributed by atoms with E-state index < -0.39 is 0 Å². The molecule has 1 aromatic heterocycles. The largest absolute Gasteiger partial charge is 0.368 e. The lowest BCUT2D eigenvalue weighted by Gasteiger charge is -2.35. The molecule has 3 nitrogen and oxygen atoms in total. The summed E-state index contributed by atoms with van der Waals surface area (Å²) in [7, 11) is 0. The lowest BCUT2D eigenvalue weighted by Crippen LogP contribution is -2.51. The highest BCUT2D eigenvalue weighted by Crippen LogP contribution is 2.41. The van der Waals surface area contributed by atoms with Crippen LogP contribution in [-0.2, 0) is 0 Å². The van der Waals surface area contributed by atoms with Crippen molar-refractivity contribution in [3.63, 3.8) is 0 Å². The van der Waals surface area contributed by atoms with Crippen molar-refractivity contribution in [1.82, 2.24) is 10.3 Å². The molecule has 0 amide bonds. The number of nitrogens with one attached hydrogen (secondary N) is 1. The molecule has 2 aliphatic rings. The second-order valence-corrected chi connectivity index (χ2v) is 6.00. The van der Waals surface area contributed by atoms with Crippen molar-refractivity contribution < 1.29 is 0 Å². The smallest absolute Gasteiger partial charge is 0.0605 e. The van der Waals surface area contributed by atoms with Gasteiger partial charge in [-0.15, -0.1) is 0 Å². The Labute approximate surface area is 110 Å². The van der Waals surface area contributed by atoms with Crippen LogP contribution in [0.1, 0.15) is 31.9 Å². The van der Waals surface area contributed by atoms with Crippen molar-refractivity contribution in [2.24, 2.45) is 5.92 Å². The molecule has 3 rings (SSSR count). The zero-order valence-electron chi connectivity index (χ0n) is 11.4. The fourth-order valence-corrected chi connectivity index (χ4v) is 3.18. The summed E-state index contributed by atoms with van der Waals surface area (Å²) in [5.74, 6) is 0.870. The van der Waals surface area contributed by atoms with Gasteiger partial charge >= 0.3 is 0 Å². The standard InChI is InChI=1S/C15H23N3/c1-12-14(5-3-8-16-12)18-10-4-9-17-15(2,11-18)13-6-7-13/h3,5,8,13,17H,4,6-7,9-11H2,1-2H3. The topological polar surface area (TPSA) is 28.2 Å². The molecule has 1 saturated carbocycles. The van der Waals surface area contributed by atoms with Crippen LogP contribution in [0.15, 0.2) is 18.3 Å². The molecule has 98 valence electrons. The maximum Gasteiger partial charge on any atom is 0.0605 e. The highest BCUT2D eigenvalue weighted by Gasteiger charge is 2.43. The van der Waals surface area contributed by atoms with Gasteiger partial charge in [0.25, 0.3) is 0 Å². The molecule has 2 fully saturated rings. The van der Waals surface area contributed by atoms with Crippen LogP contribution in [0.5, 0.6) is 0 Å². The minimum Gasteiger partial charge on any atom is -0.368 e. The van der Waals surface area contributed by atoms with E-state index in [0.717, 1.165) is 31.2 Å². The highest BCUT2D eigenvalue weighted by molar-refractivity contribution is 5.50. The Morgan fingerprint density at radius 1 is 1.44 bits per heavy atom. The zero-order chi connectivity index (χ0) is 12.6. The minimum absolute atomic E-state index is 0.290. The van der Waals surface area contributed by atoms with Gasteiger partial charge in [-0.1, -0.05) is 0 Å². The maximum atomic E-state index is 4.43. The van der Waals surface area contributed by atoms with Crippen molar-refractivity contribution in [3.8, 4) is 0 Å². The molecule has 1 aromatic rings. The molecule has 1 atom stereocenters. The number of aryl methyl sites for hydroxylation is 1. The van der Waals surface area contributed by atoms with Crippen LogP contribution in [0.3, 0.4) is 0 Å². The Bertz CT molecular complexity index is 428. The summed E-state index contributed by atoms with van der Waals surface area (Å²) in [4.78, 5) is 6.96. The van der Waals surface area contributed by atoms with Crippen molar-refractivity contribution in [3.05, 3.63) is 24.0 Å². The molecule has 1 unspecified atom stereocenters. The molecule has 1 N–H and O–H groups in total. The van der Waals surface area contributed by atoms with Crippen LogP contribution >= 0.6 is 0 Å². The lowest BCUT2D eigenvalue weighted by molar-refractivity contribution is 0.331. The first-order valence-electron chi connectivity index (χ1n) is 7.11. The van der Waals surface area contributed by atoms with E-state index in [1.165, 1.54) is 24.9 Å². The summed E-state index contributed by atoms with van der Waals surface area (Å²) in [5, 5.41) is 3.78. The van der Waals surface area contributed by atoms with Crippen LogP contribution in [0.25, 0.3) is 0 Å². The quantitative estimate of drug-likeness (QED) is 0.867. The monoisotopic (exact) mass is 245 g/mol. The van der Waals surface area contributed by atoms with Crippen molar-refractivity contribution in [1.29, 1.82) is 0 Å². The minimum atomic E-state index is 0.290. The van der Waals surface area contributed by atoms with E-state index in [0.29, 0.717) is 5.54 Å². The molecule has 1 aliphatic carbocycles. The van der Waals surface area contributed by atoms with Gasteiger partial charge in [0, 0.05) is 24.8 Å². The lowest BCUT2D eigenvalue weighted by atomic mass is 9.95. The molecular formula is C15H23N3. The molecule has 18 heavy (non-hydrogen) atoms. The van der Waals surface area contributed by atoms with E-state index in [1.54, 1.807) is 0 Å². The third-order valence-corrected chi connectivity index (χ3v) is 4.45. The molecular weight excluding hydrogens is 222 g/mol. The summed E-state index contributed by atoms with van der Waals surface area (Å²) in [6, 6.07) is 4.26. The number of anilines is 1. The van der Waals surface area contributed by atoms with Crippen LogP contribution < -0.4 is 10.2 Å². The molecule has 0 aromatic carbocycles. The molecule has 0 spiro atoms. The van der Waals surface area contributed by atoms with Crippen LogP contribution in [0.2, 0.25) is 0 Å². The zero-order valence-corrected chi connectivity index (χ0v) is 11.4. The summed E-state index contributed by atoms with van der Waals surface area (Å²) >= 11 is 0. The summed E-state index contributed by atoms with van der Waals surface area (Å²) in [5.41, 5.74) is 2.75. The van der Waals surface area contributed by atoms with E-state index in [1.807, 2.05) is 6.20 Å². The first-order valence-corrected chi connectivity index (χ1v) is 7.11. The van der Waals surface area contributed by atoms with Gasteiger partial charge in [0.2, 0.25) is 0 Å². The van der Waals surface area contributed by atoms with Crippen LogP contribution in [-0.4, -0.2) is 30.2 Å². The summed E-state index contributed by atoms with van der Waals surface area (Å²) in [6.07, 6.45) is 5.89. The Morgan fingerprint density at radius 2 is 2.28 bits per heavy atom. The number of hydrogen-bond acceptors (Lipinski definition) is 3. The molecule has 2 heterocycles. The van der Waals surface area contributed by atoms with Crippen LogP contribution in [0.4, 0.5) is 5.69 Å². The first kappa shape index (κ1) is 12.0.